The molecule has 1 aromatic carbocycles. The lowest BCUT2D eigenvalue weighted by molar-refractivity contribution is 0.552. The molecule has 0 saturated heterocycles. The molecule has 0 spiro atoms. The molecule has 98 valence electrons. The van der Waals surface area contributed by atoms with Gasteiger partial charge in [0.1, 0.15) is 5.82 Å². The van der Waals surface area contributed by atoms with Crippen molar-refractivity contribution in [2.24, 2.45) is 0 Å². The van der Waals surface area contributed by atoms with Gasteiger partial charge in [0.15, 0.2) is 0 Å². The monoisotopic (exact) mass is 255 g/mol. The Balaban J connectivity index is 2.32. The minimum atomic E-state index is 0.0494. The number of rotatable bonds is 1. The van der Waals surface area contributed by atoms with E-state index in [2.05, 4.69) is 4.98 Å². The number of fused-ring (bicyclic) bond motifs is 2. The summed E-state index contributed by atoms with van der Waals surface area (Å²) in [5.74, 6) is 0.878. The Kier molecular flexibility index (Phi) is 2.85. The first-order chi connectivity index (χ1) is 9.16. The Morgan fingerprint density at radius 1 is 1.26 bits per heavy atom. The molecule has 1 aliphatic rings. The first-order valence-electron chi connectivity index (χ1n) is 6.55. The maximum absolute atomic E-state index is 12.6. The summed E-state index contributed by atoms with van der Waals surface area (Å²) >= 11 is 0. The molecule has 2 heterocycles. The van der Waals surface area contributed by atoms with E-state index in [1.165, 1.54) is 0 Å². The van der Waals surface area contributed by atoms with Gasteiger partial charge in [0.25, 0.3) is 5.56 Å². The van der Waals surface area contributed by atoms with E-state index in [0.29, 0.717) is 5.39 Å². The van der Waals surface area contributed by atoms with Crippen molar-refractivity contribution in [3.63, 3.8) is 0 Å². The molecule has 19 heavy (non-hydrogen) atoms. The molecule has 0 aliphatic carbocycles. The van der Waals surface area contributed by atoms with Crippen LogP contribution in [0.15, 0.2) is 35.3 Å². The van der Waals surface area contributed by atoms with Crippen LogP contribution in [-0.2, 0) is 6.42 Å². The van der Waals surface area contributed by atoms with Crippen molar-refractivity contribution < 1.29 is 0 Å². The third-order valence-corrected chi connectivity index (χ3v) is 3.37. The normalized spacial score (nSPS) is 16.6. The highest BCUT2D eigenvalue weighted by molar-refractivity contribution is 5.78. The number of hydrogen-bond donors (Lipinski definition) is 0. The predicted octanol–water partition coefficient (Wildman–Crippen LogP) is 2.09. The molecule has 3 rings (SSSR count). The molecule has 0 N–H and O–H groups in total. The van der Waals surface area contributed by atoms with Crippen molar-refractivity contribution in [2.45, 2.75) is 19.3 Å². The molecule has 0 bridgehead atoms. The standard InChI is InChI=1S/C15H17N3O/c1-17(2)10-11-6-5-9-14-16-13-8-4-3-7-12(13)15(19)18(11)14/h3-4,7-8,10H,5-6,9H2,1-2H3/b11-10-. The van der Waals surface area contributed by atoms with Gasteiger partial charge in [-0.25, -0.2) is 4.98 Å². The van der Waals surface area contributed by atoms with Gasteiger partial charge in [0.2, 0.25) is 0 Å². The summed E-state index contributed by atoms with van der Waals surface area (Å²) in [6.45, 7) is 0. The van der Waals surface area contributed by atoms with Crippen LogP contribution < -0.4 is 5.56 Å². The molecule has 0 saturated carbocycles. The summed E-state index contributed by atoms with van der Waals surface area (Å²) in [6.07, 6.45) is 4.85. The molecular formula is C15H17N3O. The highest BCUT2D eigenvalue weighted by Crippen LogP contribution is 2.22. The van der Waals surface area contributed by atoms with Gasteiger partial charge < -0.3 is 4.90 Å². The predicted molar refractivity (Wildman–Crippen MR) is 76.9 cm³/mol. The van der Waals surface area contributed by atoms with Crippen molar-refractivity contribution in [1.82, 2.24) is 14.5 Å². The average Bonchev–Trinajstić information content (AvgIpc) is 2.38. The van der Waals surface area contributed by atoms with Gasteiger partial charge in [-0.2, -0.15) is 0 Å². The van der Waals surface area contributed by atoms with E-state index >= 15 is 0 Å². The first kappa shape index (κ1) is 12.0. The van der Waals surface area contributed by atoms with Crippen molar-refractivity contribution in [3.8, 4) is 0 Å². The lowest BCUT2D eigenvalue weighted by Crippen LogP contribution is -2.28. The lowest BCUT2D eigenvalue weighted by Gasteiger charge is -2.22. The van der Waals surface area contributed by atoms with E-state index in [1.54, 1.807) is 4.57 Å². The Labute approximate surface area is 112 Å². The zero-order chi connectivity index (χ0) is 13.4. The fraction of sp³-hybridized carbons (Fsp3) is 0.333. The number of hydrogen-bond acceptors (Lipinski definition) is 3. The fourth-order valence-corrected chi connectivity index (χ4v) is 2.60. The SMILES string of the molecule is CN(C)/C=C1/CCCc2nc3ccccc3c(=O)n21. The number of nitrogens with zero attached hydrogens (tertiary/aromatic N) is 3. The molecule has 0 atom stereocenters. The smallest absolute Gasteiger partial charge is 0.265 e. The Morgan fingerprint density at radius 2 is 2.05 bits per heavy atom. The van der Waals surface area contributed by atoms with E-state index in [1.807, 2.05) is 49.5 Å². The molecule has 1 aliphatic heterocycles. The summed E-state index contributed by atoms with van der Waals surface area (Å²) in [7, 11) is 3.95. The van der Waals surface area contributed by atoms with Gasteiger partial charge in [-0.3, -0.25) is 9.36 Å². The summed E-state index contributed by atoms with van der Waals surface area (Å²) in [4.78, 5) is 19.2. The molecule has 2 aromatic rings. The molecule has 4 nitrogen and oxygen atoms in total. The quantitative estimate of drug-likeness (QED) is 0.783. The molecule has 4 heteroatoms. The van der Waals surface area contributed by atoms with Crippen molar-refractivity contribution >= 4 is 16.6 Å². The van der Waals surface area contributed by atoms with Crippen molar-refractivity contribution in [3.05, 3.63) is 46.6 Å². The van der Waals surface area contributed by atoms with E-state index in [4.69, 9.17) is 0 Å². The van der Waals surface area contributed by atoms with Gasteiger partial charge in [0, 0.05) is 32.4 Å². The summed E-state index contributed by atoms with van der Waals surface area (Å²) in [5, 5.41) is 0.692. The van der Waals surface area contributed by atoms with Crippen molar-refractivity contribution in [2.75, 3.05) is 14.1 Å². The molecule has 0 amide bonds. The van der Waals surface area contributed by atoms with Gasteiger partial charge in [-0.05, 0) is 25.0 Å². The van der Waals surface area contributed by atoms with Crippen LogP contribution in [-0.4, -0.2) is 28.5 Å². The number of benzene rings is 1. The maximum Gasteiger partial charge on any atom is 0.265 e. The van der Waals surface area contributed by atoms with E-state index < -0.39 is 0 Å². The molecule has 0 radical (unpaired) electrons. The third kappa shape index (κ3) is 2.03. The second kappa shape index (κ2) is 4.53. The van der Waals surface area contributed by atoms with Crippen LogP contribution in [0.2, 0.25) is 0 Å². The summed E-state index contributed by atoms with van der Waals surface area (Å²) < 4.78 is 1.78. The van der Waals surface area contributed by atoms with Gasteiger partial charge >= 0.3 is 0 Å². The highest BCUT2D eigenvalue weighted by Gasteiger charge is 2.18. The van der Waals surface area contributed by atoms with Crippen LogP contribution in [0.3, 0.4) is 0 Å². The second-order valence-electron chi connectivity index (χ2n) is 5.12. The number of aryl methyl sites for hydroxylation is 1. The van der Waals surface area contributed by atoms with Crippen LogP contribution in [0.1, 0.15) is 18.7 Å². The molecular weight excluding hydrogens is 238 g/mol. The number of aromatic nitrogens is 2. The Hall–Kier alpha value is -2.10. The average molecular weight is 255 g/mol. The van der Waals surface area contributed by atoms with Crippen LogP contribution in [0, 0.1) is 0 Å². The van der Waals surface area contributed by atoms with Gasteiger partial charge in [-0.15, -0.1) is 0 Å². The Bertz CT molecular complexity index is 713. The van der Waals surface area contributed by atoms with Gasteiger partial charge in [0.05, 0.1) is 10.9 Å². The second-order valence-corrected chi connectivity index (χ2v) is 5.12. The topological polar surface area (TPSA) is 38.1 Å². The van der Waals surface area contributed by atoms with E-state index in [0.717, 1.165) is 36.3 Å². The largest absolute Gasteiger partial charge is 0.382 e. The van der Waals surface area contributed by atoms with Crippen LogP contribution in [0.25, 0.3) is 16.6 Å². The van der Waals surface area contributed by atoms with E-state index in [9.17, 15) is 4.79 Å². The maximum atomic E-state index is 12.6. The Morgan fingerprint density at radius 3 is 2.84 bits per heavy atom. The van der Waals surface area contributed by atoms with Gasteiger partial charge in [-0.1, -0.05) is 12.1 Å². The zero-order valence-electron chi connectivity index (χ0n) is 11.3. The molecule has 0 fully saturated rings. The molecule has 1 aromatic heterocycles. The number of allylic oxidation sites excluding steroid dienone is 1. The summed E-state index contributed by atoms with van der Waals surface area (Å²) in [6, 6.07) is 7.56. The van der Waals surface area contributed by atoms with Crippen LogP contribution in [0.4, 0.5) is 0 Å². The third-order valence-electron chi connectivity index (χ3n) is 3.37. The molecule has 0 unspecified atom stereocenters. The van der Waals surface area contributed by atoms with Crippen molar-refractivity contribution in [1.29, 1.82) is 0 Å². The number of para-hydroxylation sites is 1. The van der Waals surface area contributed by atoms with E-state index in [-0.39, 0.29) is 5.56 Å². The summed E-state index contributed by atoms with van der Waals surface area (Å²) in [5.41, 5.74) is 1.88. The van der Waals surface area contributed by atoms with Crippen LogP contribution >= 0.6 is 0 Å². The minimum absolute atomic E-state index is 0.0494. The lowest BCUT2D eigenvalue weighted by atomic mass is 10.1. The minimum Gasteiger partial charge on any atom is -0.382 e. The zero-order valence-corrected chi connectivity index (χ0v) is 11.3. The first-order valence-corrected chi connectivity index (χ1v) is 6.55. The fourth-order valence-electron chi connectivity index (χ4n) is 2.60. The van der Waals surface area contributed by atoms with Crippen LogP contribution in [0.5, 0.6) is 0 Å². The highest BCUT2D eigenvalue weighted by atomic mass is 16.1.